The number of hydrogen-bond acceptors (Lipinski definition) is 4. The van der Waals surface area contributed by atoms with Crippen molar-refractivity contribution in [1.29, 1.82) is 0 Å². The van der Waals surface area contributed by atoms with E-state index in [0.29, 0.717) is 27.2 Å². The minimum absolute atomic E-state index is 0.295. The minimum Gasteiger partial charge on any atom is -0.495 e. The number of ether oxygens (including phenoxy) is 1. The maximum Gasteiger partial charge on any atom is 0.274 e. The number of rotatable bonds is 5. The molecular formula is C19H15Cl2N3O2. The number of nitrogens with zero attached hydrogens (tertiary/aromatic N) is 1. The van der Waals surface area contributed by atoms with Gasteiger partial charge < -0.3 is 15.4 Å². The number of hydrogen-bond donors (Lipinski definition) is 2. The summed E-state index contributed by atoms with van der Waals surface area (Å²) in [5.41, 5.74) is 2.42. The molecule has 0 saturated carbocycles. The van der Waals surface area contributed by atoms with Crippen LogP contribution in [0.1, 0.15) is 10.5 Å². The number of carbonyl (C=O) groups is 1. The van der Waals surface area contributed by atoms with Gasteiger partial charge in [-0.2, -0.15) is 0 Å². The Labute approximate surface area is 160 Å². The summed E-state index contributed by atoms with van der Waals surface area (Å²) in [4.78, 5) is 16.4. The molecule has 3 rings (SSSR count). The van der Waals surface area contributed by atoms with E-state index < -0.39 is 0 Å². The first-order valence-electron chi connectivity index (χ1n) is 7.69. The van der Waals surface area contributed by atoms with Crippen LogP contribution in [0.15, 0.2) is 60.8 Å². The molecular weight excluding hydrogens is 373 g/mol. The van der Waals surface area contributed by atoms with Gasteiger partial charge in [-0.1, -0.05) is 29.3 Å². The third kappa shape index (κ3) is 4.45. The molecule has 1 amide bonds. The first kappa shape index (κ1) is 18.0. The van der Waals surface area contributed by atoms with Crippen LogP contribution in [0.4, 0.5) is 17.1 Å². The molecule has 26 heavy (non-hydrogen) atoms. The van der Waals surface area contributed by atoms with Crippen molar-refractivity contribution >= 4 is 46.2 Å². The highest BCUT2D eigenvalue weighted by Gasteiger charge is 2.08. The van der Waals surface area contributed by atoms with Crippen LogP contribution in [-0.4, -0.2) is 18.0 Å². The van der Waals surface area contributed by atoms with Crippen molar-refractivity contribution in [1.82, 2.24) is 4.98 Å². The SMILES string of the molecule is COc1ccc(Nc2ccc(C(=O)Nc3cccc(Cl)c3)nc2)cc1Cl. The van der Waals surface area contributed by atoms with Gasteiger partial charge in [0, 0.05) is 16.4 Å². The average Bonchev–Trinajstić information content (AvgIpc) is 2.62. The summed E-state index contributed by atoms with van der Waals surface area (Å²) in [6.45, 7) is 0. The standard InChI is InChI=1S/C19H15Cl2N3O2/c1-26-18-8-6-14(10-16(18)21)23-15-5-7-17(22-11-15)19(25)24-13-4-2-3-12(20)9-13/h2-11,23H,1H3,(H,24,25). The number of aromatic nitrogens is 1. The Morgan fingerprint density at radius 3 is 2.46 bits per heavy atom. The molecule has 3 aromatic rings. The second kappa shape index (κ2) is 8.08. The molecule has 0 aliphatic rings. The summed E-state index contributed by atoms with van der Waals surface area (Å²) in [6.07, 6.45) is 1.57. The molecule has 2 N–H and O–H groups in total. The molecule has 0 atom stereocenters. The van der Waals surface area contributed by atoms with Crippen molar-refractivity contribution in [2.24, 2.45) is 0 Å². The zero-order valence-electron chi connectivity index (χ0n) is 13.8. The van der Waals surface area contributed by atoms with E-state index in [4.69, 9.17) is 27.9 Å². The largest absolute Gasteiger partial charge is 0.495 e. The van der Waals surface area contributed by atoms with Gasteiger partial charge in [0.25, 0.3) is 5.91 Å². The highest BCUT2D eigenvalue weighted by Crippen LogP contribution is 2.28. The molecule has 0 aliphatic heterocycles. The monoisotopic (exact) mass is 387 g/mol. The molecule has 0 unspecified atom stereocenters. The molecule has 132 valence electrons. The number of amides is 1. The van der Waals surface area contributed by atoms with E-state index in [2.05, 4.69) is 15.6 Å². The van der Waals surface area contributed by atoms with Gasteiger partial charge in [0.2, 0.25) is 0 Å². The smallest absolute Gasteiger partial charge is 0.274 e. The molecule has 0 saturated heterocycles. The lowest BCUT2D eigenvalue weighted by molar-refractivity contribution is 0.102. The van der Waals surface area contributed by atoms with Gasteiger partial charge in [0.1, 0.15) is 11.4 Å². The van der Waals surface area contributed by atoms with Crippen LogP contribution in [0.3, 0.4) is 0 Å². The first-order valence-corrected chi connectivity index (χ1v) is 8.44. The van der Waals surface area contributed by atoms with E-state index in [1.165, 1.54) is 0 Å². The zero-order valence-corrected chi connectivity index (χ0v) is 15.3. The molecule has 1 aromatic heterocycles. The van der Waals surface area contributed by atoms with Gasteiger partial charge in [0.05, 0.1) is 24.0 Å². The predicted octanol–water partition coefficient (Wildman–Crippen LogP) is 5.39. The van der Waals surface area contributed by atoms with Gasteiger partial charge in [0.15, 0.2) is 0 Å². The lowest BCUT2D eigenvalue weighted by atomic mass is 10.2. The minimum atomic E-state index is -0.314. The fraction of sp³-hybridized carbons (Fsp3) is 0.0526. The van der Waals surface area contributed by atoms with Crippen LogP contribution < -0.4 is 15.4 Å². The van der Waals surface area contributed by atoms with Gasteiger partial charge >= 0.3 is 0 Å². The molecule has 0 aliphatic carbocycles. The lowest BCUT2D eigenvalue weighted by Gasteiger charge is -2.09. The van der Waals surface area contributed by atoms with E-state index in [1.54, 1.807) is 61.8 Å². The Kier molecular flexibility index (Phi) is 5.61. The first-order chi connectivity index (χ1) is 12.5. The molecule has 0 radical (unpaired) electrons. The fourth-order valence-corrected chi connectivity index (χ4v) is 2.72. The zero-order chi connectivity index (χ0) is 18.5. The predicted molar refractivity (Wildman–Crippen MR) is 105 cm³/mol. The Morgan fingerprint density at radius 2 is 1.81 bits per heavy atom. The molecule has 0 bridgehead atoms. The molecule has 0 spiro atoms. The van der Waals surface area contributed by atoms with Crippen LogP contribution in [0, 0.1) is 0 Å². The van der Waals surface area contributed by atoms with E-state index in [1.807, 2.05) is 6.07 Å². The van der Waals surface area contributed by atoms with E-state index >= 15 is 0 Å². The number of anilines is 3. The van der Waals surface area contributed by atoms with Gasteiger partial charge in [-0.25, -0.2) is 4.98 Å². The molecule has 2 aromatic carbocycles. The maximum absolute atomic E-state index is 12.2. The molecule has 1 heterocycles. The van der Waals surface area contributed by atoms with E-state index in [0.717, 1.165) is 11.4 Å². The number of pyridine rings is 1. The fourth-order valence-electron chi connectivity index (χ4n) is 2.27. The quantitative estimate of drug-likeness (QED) is 0.615. The van der Waals surface area contributed by atoms with Crippen molar-refractivity contribution in [3.63, 3.8) is 0 Å². The molecule has 7 heteroatoms. The second-order valence-corrected chi connectivity index (χ2v) is 6.21. The Bertz CT molecular complexity index is 930. The van der Waals surface area contributed by atoms with Crippen molar-refractivity contribution in [2.45, 2.75) is 0 Å². The Balaban J connectivity index is 1.68. The Morgan fingerprint density at radius 1 is 1.00 bits per heavy atom. The summed E-state index contributed by atoms with van der Waals surface area (Å²) >= 11 is 12.0. The van der Waals surface area contributed by atoms with E-state index in [-0.39, 0.29) is 5.91 Å². The number of methoxy groups -OCH3 is 1. The topological polar surface area (TPSA) is 63.2 Å². The highest BCUT2D eigenvalue weighted by atomic mass is 35.5. The third-order valence-electron chi connectivity index (χ3n) is 3.52. The van der Waals surface area contributed by atoms with Crippen LogP contribution in [0.5, 0.6) is 5.75 Å². The molecule has 5 nitrogen and oxygen atoms in total. The highest BCUT2D eigenvalue weighted by molar-refractivity contribution is 6.32. The maximum atomic E-state index is 12.2. The number of halogens is 2. The summed E-state index contributed by atoms with van der Waals surface area (Å²) in [6, 6.07) is 15.7. The van der Waals surface area contributed by atoms with E-state index in [9.17, 15) is 4.79 Å². The summed E-state index contributed by atoms with van der Waals surface area (Å²) in [5, 5.41) is 6.97. The van der Waals surface area contributed by atoms with Crippen molar-refractivity contribution < 1.29 is 9.53 Å². The van der Waals surface area contributed by atoms with Gasteiger partial charge in [-0.3, -0.25) is 4.79 Å². The number of benzene rings is 2. The Hall–Kier alpha value is -2.76. The number of nitrogens with one attached hydrogen (secondary N) is 2. The summed E-state index contributed by atoms with van der Waals surface area (Å²) in [7, 11) is 1.56. The summed E-state index contributed by atoms with van der Waals surface area (Å²) in [5.74, 6) is 0.287. The van der Waals surface area contributed by atoms with Gasteiger partial charge in [-0.15, -0.1) is 0 Å². The van der Waals surface area contributed by atoms with Crippen molar-refractivity contribution in [3.8, 4) is 5.75 Å². The van der Waals surface area contributed by atoms with Crippen LogP contribution in [0.2, 0.25) is 10.0 Å². The molecule has 0 fully saturated rings. The van der Waals surface area contributed by atoms with Crippen LogP contribution in [0.25, 0.3) is 0 Å². The van der Waals surface area contributed by atoms with Crippen LogP contribution in [-0.2, 0) is 0 Å². The normalized spacial score (nSPS) is 10.3. The number of carbonyl (C=O) groups excluding carboxylic acids is 1. The van der Waals surface area contributed by atoms with Crippen molar-refractivity contribution in [3.05, 3.63) is 76.5 Å². The van der Waals surface area contributed by atoms with Crippen molar-refractivity contribution in [2.75, 3.05) is 17.7 Å². The second-order valence-electron chi connectivity index (χ2n) is 5.37. The third-order valence-corrected chi connectivity index (χ3v) is 4.05. The van der Waals surface area contributed by atoms with Gasteiger partial charge in [-0.05, 0) is 48.5 Å². The van der Waals surface area contributed by atoms with Crippen LogP contribution >= 0.6 is 23.2 Å². The lowest BCUT2D eigenvalue weighted by Crippen LogP contribution is -2.13. The summed E-state index contributed by atoms with van der Waals surface area (Å²) < 4.78 is 5.12. The average molecular weight is 388 g/mol.